The first-order valence-corrected chi connectivity index (χ1v) is 12.0. The summed E-state index contributed by atoms with van der Waals surface area (Å²) in [4.78, 5) is 40.9. The van der Waals surface area contributed by atoms with Gasteiger partial charge in [0.2, 0.25) is 5.91 Å². The first-order chi connectivity index (χ1) is 15.5. The number of esters is 1. The van der Waals surface area contributed by atoms with Crippen molar-refractivity contribution in [1.29, 1.82) is 0 Å². The minimum atomic E-state index is -0.430. The quantitative estimate of drug-likeness (QED) is 0.606. The van der Waals surface area contributed by atoms with Crippen LogP contribution in [0.2, 0.25) is 5.02 Å². The van der Waals surface area contributed by atoms with Gasteiger partial charge in [0.15, 0.2) is 0 Å². The Kier molecular flexibility index (Phi) is 7.01. The predicted octanol–water partition coefficient (Wildman–Crippen LogP) is 4.35. The fourth-order valence-electron chi connectivity index (χ4n) is 4.26. The molecular formula is C23H26ClN3O4S. The Morgan fingerprint density at radius 1 is 1.12 bits per heavy atom. The maximum atomic E-state index is 12.9. The number of rotatable bonds is 6. The number of fused-ring (bicyclic) bond motifs is 1. The number of carbonyl (C=O) groups is 3. The molecule has 1 aliphatic carbocycles. The summed E-state index contributed by atoms with van der Waals surface area (Å²) >= 11 is 7.58. The standard InChI is InChI=1S/C23H26ClN3O4S/c1-31-23(30)20-16-6-2-3-7-18(16)32-21(20)26-19(28)13-25-17-12-14(24)8-9-15(17)22(29)27-10-4-5-11-27/h8-9,12,25H,2-7,10-11,13H2,1H3,(H,26,28). The first kappa shape index (κ1) is 22.6. The molecule has 1 fully saturated rings. The lowest BCUT2D eigenvalue weighted by Crippen LogP contribution is -2.29. The molecule has 4 rings (SSSR count). The topological polar surface area (TPSA) is 87.7 Å². The van der Waals surface area contributed by atoms with Crippen LogP contribution in [0.25, 0.3) is 0 Å². The highest BCUT2D eigenvalue weighted by molar-refractivity contribution is 7.17. The number of amides is 2. The molecule has 1 aromatic heterocycles. The molecule has 1 saturated heterocycles. The Hall–Kier alpha value is -2.58. The summed E-state index contributed by atoms with van der Waals surface area (Å²) in [5, 5.41) is 6.91. The third kappa shape index (κ3) is 4.76. The Bertz CT molecular complexity index is 1050. The highest BCUT2D eigenvalue weighted by atomic mass is 35.5. The minimum absolute atomic E-state index is 0.0657. The molecule has 0 spiro atoms. The molecule has 1 aliphatic heterocycles. The number of thiophene rings is 1. The van der Waals surface area contributed by atoms with Gasteiger partial charge < -0.3 is 20.3 Å². The van der Waals surface area contributed by atoms with Crippen molar-refractivity contribution in [2.75, 3.05) is 37.4 Å². The van der Waals surface area contributed by atoms with Crippen LogP contribution < -0.4 is 10.6 Å². The van der Waals surface area contributed by atoms with E-state index in [2.05, 4.69) is 10.6 Å². The van der Waals surface area contributed by atoms with Crippen LogP contribution in [0.15, 0.2) is 18.2 Å². The monoisotopic (exact) mass is 475 g/mol. The number of methoxy groups -OCH3 is 1. The van der Waals surface area contributed by atoms with Gasteiger partial charge in [-0.1, -0.05) is 11.6 Å². The van der Waals surface area contributed by atoms with E-state index in [-0.39, 0.29) is 18.4 Å². The summed E-state index contributed by atoms with van der Waals surface area (Å²) in [6.45, 7) is 1.41. The number of nitrogens with zero attached hydrogens (tertiary/aromatic N) is 1. The number of halogens is 1. The molecule has 7 nitrogen and oxygen atoms in total. The van der Waals surface area contributed by atoms with Crippen LogP contribution in [-0.4, -0.2) is 49.4 Å². The molecule has 2 aromatic rings. The number of nitrogens with one attached hydrogen (secondary N) is 2. The van der Waals surface area contributed by atoms with Gasteiger partial charge in [-0.3, -0.25) is 9.59 Å². The maximum Gasteiger partial charge on any atom is 0.341 e. The number of hydrogen-bond acceptors (Lipinski definition) is 6. The average molecular weight is 476 g/mol. The molecule has 2 heterocycles. The van der Waals surface area contributed by atoms with E-state index in [1.54, 1.807) is 18.2 Å². The minimum Gasteiger partial charge on any atom is -0.465 e. The summed E-state index contributed by atoms with van der Waals surface area (Å²) in [7, 11) is 1.35. The van der Waals surface area contributed by atoms with E-state index in [9.17, 15) is 14.4 Å². The van der Waals surface area contributed by atoms with Gasteiger partial charge in [-0.25, -0.2) is 4.79 Å². The second kappa shape index (κ2) is 9.92. The van der Waals surface area contributed by atoms with Gasteiger partial charge in [0.05, 0.1) is 24.8 Å². The van der Waals surface area contributed by atoms with Crippen LogP contribution in [0.4, 0.5) is 10.7 Å². The van der Waals surface area contributed by atoms with Crippen LogP contribution in [0, 0.1) is 0 Å². The number of carbonyl (C=O) groups excluding carboxylic acids is 3. The molecule has 2 N–H and O–H groups in total. The van der Waals surface area contributed by atoms with E-state index in [0.29, 0.717) is 26.8 Å². The fraction of sp³-hybridized carbons (Fsp3) is 0.435. The Labute approximate surface area is 196 Å². The number of likely N-dealkylation sites (tertiary alicyclic amines) is 1. The van der Waals surface area contributed by atoms with Gasteiger partial charge in [0.1, 0.15) is 5.00 Å². The molecule has 0 unspecified atom stereocenters. The Morgan fingerprint density at radius 3 is 2.62 bits per heavy atom. The molecule has 1 aromatic carbocycles. The third-order valence-electron chi connectivity index (χ3n) is 5.86. The van der Waals surface area contributed by atoms with Gasteiger partial charge in [-0.2, -0.15) is 0 Å². The van der Waals surface area contributed by atoms with Gasteiger partial charge in [-0.15, -0.1) is 11.3 Å². The number of hydrogen-bond donors (Lipinski definition) is 2. The van der Waals surface area contributed by atoms with Crippen LogP contribution in [0.3, 0.4) is 0 Å². The van der Waals surface area contributed by atoms with Crippen molar-refractivity contribution in [3.8, 4) is 0 Å². The zero-order valence-electron chi connectivity index (χ0n) is 18.0. The van der Waals surface area contributed by atoms with Crippen LogP contribution in [0.1, 0.15) is 56.8 Å². The molecule has 0 bridgehead atoms. The number of ether oxygens (including phenoxy) is 1. The van der Waals surface area contributed by atoms with E-state index in [1.807, 2.05) is 4.90 Å². The molecular weight excluding hydrogens is 450 g/mol. The van der Waals surface area contributed by atoms with Gasteiger partial charge in [0, 0.05) is 28.7 Å². The fourth-order valence-corrected chi connectivity index (χ4v) is 5.72. The zero-order chi connectivity index (χ0) is 22.7. The Morgan fingerprint density at radius 2 is 1.88 bits per heavy atom. The van der Waals surface area contributed by atoms with Crippen LogP contribution >= 0.6 is 22.9 Å². The van der Waals surface area contributed by atoms with Crippen molar-refractivity contribution >= 4 is 51.4 Å². The molecule has 0 saturated carbocycles. The van der Waals surface area contributed by atoms with Crippen molar-refractivity contribution in [3.63, 3.8) is 0 Å². The zero-order valence-corrected chi connectivity index (χ0v) is 19.5. The van der Waals surface area contributed by atoms with E-state index in [0.717, 1.165) is 62.1 Å². The van der Waals surface area contributed by atoms with E-state index >= 15 is 0 Å². The van der Waals surface area contributed by atoms with Crippen LogP contribution in [0.5, 0.6) is 0 Å². The van der Waals surface area contributed by atoms with E-state index in [4.69, 9.17) is 16.3 Å². The molecule has 9 heteroatoms. The third-order valence-corrected chi connectivity index (χ3v) is 7.30. The second-order valence-corrected chi connectivity index (χ2v) is 9.54. The SMILES string of the molecule is COC(=O)c1c(NC(=O)CNc2cc(Cl)ccc2C(=O)N2CCCC2)sc2c1CCCC2. The normalized spacial score (nSPS) is 15.2. The molecule has 32 heavy (non-hydrogen) atoms. The van der Waals surface area contributed by atoms with Gasteiger partial charge in [0.25, 0.3) is 5.91 Å². The van der Waals surface area contributed by atoms with Crippen LogP contribution in [-0.2, 0) is 22.4 Å². The number of benzene rings is 1. The summed E-state index contributed by atoms with van der Waals surface area (Å²) < 4.78 is 4.96. The summed E-state index contributed by atoms with van der Waals surface area (Å²) in [5.41, 5.74) is 2.46. The van der Waals surface area contributed by atoms with Crippen molar-refractivity contribution in [1.82, 2.24) is 4.90 Å². The lowest BCUT2D eigenvalue weighted by Gasteiger charge is -2.18. The van der Waals surface area contributed by atoms with Gasteiger partial charge in [-0.05, 0) is 62.3 Å². The predicted molar refractivity (Wildman–Crippen MR) is 126 cm³/mol. The van der Waals surface area contributed by atoms with Crippen molar-refractivity contribution in [2.24, 2.45) is 0 Å². The summed E-state index contributed by atoms with van der Waals surface area (Å²) in [5.74, 6) is -0.810. The molecule has 170 valence electrons. The van der Waals surface area contributed by atoms with Crippen molar-refractivity contribution in [2.45, 2.75) is 38.5 Å². The summed E-state index contributed by atoms with van der Waals surface area (Å²) in [6.07, 6.45) is 5.81. The lowest BCUT2D eigenvalue weighted by molar-refractivity contribution is -0.114. The number of aryl methyl sites for hydroxylation is 1. The van der Waals surface area contributed by atoms with E-state index in [1.165, 1.54) is 18.4 Å². The van der Waals surface area contributed by atoms with Gasteiger partial charge >= 0.3 is 5.97 Å². The Balaban J connectivity index is 1.48. The lowest BCUT2D eigenvalue weighted by atomic mass is 9.95. The highest BCUT2D eigenvalue weighted by Gasteiger charge is 2.27. The highest BCUT2D eigenvalue weighted by Crippen LogP contribution is 2.38. The molecule has 2 amide bonds. The number of anilines is 2. The average Bonchev–Trinajstić information content (AvgIpc) is 3.45. The summed E-state index contributed by atoms with van der Waals surface area (Å²) in [6, 6.07) is 5.02. The molecule has 0 radical (unpaired) electrons. The molecule has 2 aliphatic rings. The maximum absolute atomic E-state index is 12.9. The second-order valence-electron chi connectivity index (χ2n) is 8.00. The smallest absolute Gasteiger partial charge is 0.341 e. The largest absolute Gasteiger partial charge is 0.465 e. The molecule has 0 atom stereocenters. The van der Waals surface area contributed by atoms with Crippen molar-refractivity contribution < 1.29 is 19.1 Å². The first-order valence-electron chi connectivity index (χ1n) is 10.8. The van der Waals surface area contributed by atoms with Crippen molar-refractivity contribution in [3.05, 3.63) is 44.8 Å². The van der Waals surface area contributed by atoms with E-state index < -0.39 is 5.97 Å².